The Balaban J connectivity index is 1.49. The van der Waals surface area contributed by atoms with Crippen molar-refractivity contribution in [3.8, 4) is 6.07 Å². The second-order valence-corrected chi connectivity index (χ2v) is 10.4. The number of thioether (sulfide) groups is 2. The van der Waals surface area contributed by atoms with Gasteiger partial charge in [0.05, 0.1) is 6.07 Å². The molecule has 14 heteroatoms. The van der Waals surface area contributed by atoms with Crippen molar-refractivity contribution in [2.45, 2.75) is 30.4 Å². The largest absolute Gasteiger partial charge is 0.477 e. The fourth-order valence-electron chi connectivity index (χ4n) is 3.65. The first-order chi connectivity index (χ1) is 16.9. The first-order valence-electron chi connectivity index (χ1n) is 10.4. The monoisotopic (exact) mass is 532 g/mol. The molecule has 0 spiro atoms. The lowest BCUT2D eigenvalue weighted by atomic mass is 10.0. The maximum Gasteiger partial charge on any atom is 0.352 e. The number of fused-ring (bicyclic) bond motifs is 1. The minimum atomic E-state index is -1.22. The summed E-state index contributed by atoms with van der Waals surface area (Å²) < 4.78 is 0. The highest BCUT2D eigenvalue weighted by molar-refractivity contribution is 8.02. The fraction of sp³-hybridized carbons (Fsp3) is 0.333. The lowest BCUT2D eigenvalue weighted by molar-refractivity contribution is -0.150. The number of thiazole rings is 1. The van der Waals surface area contributed by atoms with Crippen LogP contribution in [0, 0.1) is 11.3 Å². The lowest BCUT2D eigenvalue weighted by Crippen LogP contribution is -2.71. The molecule has 1 aliphatic carbocycles. The highest BCUT2D eigenvalue weighted by Crippen LogP contribution is 2.41. The second kappa shape index (κ2) is 11.0. The van der Waals surface area contributed by atoms with E-state index in [4.69, 9.17) is 15.8 Å². The zero-order valence-corrected chi connectivity index (χ0v) is 20.6. The number of rotatable bonds is 9. The van der Waals surface area contributed by atoms with Gasteiger partial charge in [-0.2, -0.15) is 5.26 Å². The molecular formula is C21H20N6O5S3. The van der Waals surface area contributed by atoms with Crippen molar-refractivity contribution in [1.29, 1.82) is 5.26 Å². The summed E-state index contributed by atoms with van der Waals surface area (Å²) in [5.41, 5.74) is 6.32. The third-order valence-corrected chi connectivity index (χ3v) is 8.12. The van der Waals surface area contributed by atoms with Crippen molar-refractivity contribution < 1.29 is 24.3 Å². The molecule has 3 aliphatic rings. The van der Waals surface area contributed by atoms with Gasteiger partial charge in [0.15, 0.2) is 10.8 Å². The number of nitrogens with two attached hydrogens (primary N) is 1. The Labute approximate surface area is 212 Å². The Kier molecular flexibility index (Phi) is 7.79. The summed E-state index contributed by atoms with van der Waals surface area (Å²) in [7, 11) is 0. The van der Waals surface area contributed by atoms with Crippen molar-refractivity contribution in [3.63, 3.8) is 0 Å². The van der Waals surface area contributed by atoms with Crippen LogP contribution >= 0.6 is 34.9 Å². The van der Waals surface area contributed by atoms with Crippen LogP contribution in [-0.4, -0.2) is 67.5 Å². The number of anilines is 1. The summed E-state index contributed by atoms with van der Waals surface area (Å²) in [5, 5.41) is 27.8. The minimum absolute atomic E-state index is 0.0837. The van der Waals surface area contributed by atoms with E-state index in [1.54, 1.807) is 10.8 Å². The third kappa shape index (κ3) is 5.37. The van der Waals surface area contributed by atoms with Crippen LogP contribution in [0.1, 0.15) is 18.5 Å². The number of nitrogens with zero attached hydrogens (tertiary/aromatic N) is 4. The van der Waals surface area contributed by atoms with Gasteiger partial charge in [0.1, 0.15) is 28.9 Å². The Morgan fingerprint density at radius 3 is 3.00 bits per heavy atom. The molecule has 3 heterocycles. The zero-order chi connectivity index (χ0) is 24.9. The average Bonchev–Trinajstić information content (AvgIpc) is 3.51. The molecule has 2 unspecified atom stereocenters. The summed E-state index contributed by atoms with van der Waals surface area (Å²) in [6, 6.07) is 0.939. The van der Waals surface area contributed by atoms with E-state index in [1.165, 1.54) is 34.5 Å². The number of oxime groups is 1. The van der Waals surface area contributed by atoms with E-state index in [0.717, 1.165) is 24.2 Å². The van der Waals surface area contributed by atoms with Gasteiger partial charge in [0.2, 0.25) is 0 Å². The number of amides is 2. The minimum Gasteiger partial charge on any atom is -0.477 e. The number of hydrogen-bond donors (Lipinski definition) is 3. The lowest BCUT2D eigenvalue weighted by Gasteiger charge is -2.49. The molecule has 0 bridgehead atoms. The van der Waals surface area contributed by atoms with Gasteiger partial charge in [-0.3, -0.25) is 14.5 Å². The van der Waals surface area contributed by atoms with Gasteiger partial charge >= 0.3 is 5.97 Å². The average molecular weight is 533 g/mol. The van der Waals surface area contributed by atoms with Gasteiger partial charge in [-0.25, -0.2) is 9.78 Å². The van der Waals surface area contributed by atoms with Crippen molar-refractivity contribution in [1.82, 2.24) is 15.2 Å². The molecule has 0 aromatic carbocycles. The Bertz CT molecular complexity index is 1200. The molecule has 1 saturated heterocycles. The normalized spacial score (nSPS) is 23.7. The van der Waals surface area contributed by atoms with Crippen molar-refractivity contribution in [2.24, 2.45) is 5.16 Å². The maximum atomic E-state index is 13.1. The summed E-state index contributed by atoms with van der Waals surface area (Å²) in [6.45, 7) is 0. The Hall–Kier alpha value is -3.28. The molecule has 11 nitrogen and oxygen atoms in total. The molecule has 1 aromatic heterocycles. The summed E-state index contributed by atoms with van der Waals surface area (Å²) in [4.78, 5) is 48.8. The van der Waals surface area contributed by atoms with E-state index >= 15 is 0 Å². The van der Waals surface area contributed by atoms with Gasteiger partial charge in [0.25, 0.3) is 11.8 Å². The number of hydrogen-bond acceptors (Lipinski definition) is 11. The number of carbonyl (C=O) groups excluding carboxylic acids is 2. The standard InChI is InChI=1S/C21H20N6O5S3/c22-6-3-7-33-8-11-9-34-19-15(18(29)27(19)16(11)20(30)31)25-17(28)14(13-10-35-21(23)24-13)26-32-12-4-1-2-5-12/h1,3-4,7,10,12,15,19H,2,5,8-9H2,(H2,23,24)(H,25,28)(H,30,31)/t12?,15?,19-/m0/s1. The number of β-lactam (4-membered cyclic amide) rings is 1. The first kappa shape index (κ1) is 24.8. The summed E-state index contributed by atoms with van der Waals surface area (Å²) in [6.07, 6.45) is 6.45. The third-order valence-electron chi connectivity index (χ3n) is 5.26. The Morgan fingerprint density at radius 2 is 2.34 bits per heavy atom. The van der Waals surface area contributed by atoms with Gasteiger partial charge in [-0.1, -0.05) is 11.2 Å². The highest BCUT2D eigenvalue weighted by Gasteiger charge is 2.54. The molecule has 182 valence electrons. The number of carbonyl (C=O) groups is 3. The van der Waals surface area contributed by atoms with Crippen LogP contribution < -0.4 is 11.1 Å². The molecule has 0 saturated carbocycles. The zero-order valence-electron chi connectivity index (χ0n) is 18.1. The molecule has 1 aromatic rings. The first-order valence-corrected chi connectivity index (χ1v) is 13.4. The molecular weight excluding hydrogens is 512 g/mol. The van der Waals surface area contributed by atoms with E-state index in [1.807, 2.05) is 18.2 Å². The number of nitrogen functional groups attached to an aromatic ring is 1. The van der Waals surface area contributed by atoms with E-state index in [9.17, 15) is 19.5 Å². The number of nitrogens with one attached hydrogen (secondary N) is 1. The highest BCUT2D eigenvalue weighted by atomic mass is 32.2. The van der Waals surface area contributed by atoms with Crippen molar-refractivity contribution in [3.05, 3.63) is 46.0 Å². The number of nitriles is 1. The van der Waals surface area contributed by atoms with Crippen LogP contribution in [0.5, 0.6) is 0 Å². The van der Waals surface area contributed by atoms with Crippen LogP contribution in [0.2, 0.25) is 0 Å². The van der Waals surface area contributed by atoms with Crippen LogP contribution in [0.3, 0.4) is 0 Å². The van der Waals surface area contributed by atoms with Gasteiger partial charge < -0.3 is 21.0 Å². The van der Waals surface area contributed by atoms with Crippen LogP contribution in [0.4, 0.5) is 5.13 Å². The molecule has 2 aliphatic heterocycles. The number of carboxylic acids is 1. The SMILES string of the molecule is N#CC=CSCC1=C(C(=O)O)N2C(=O)C(NC(=O)C(=NOC3C=CCC3)c3csc(N)n3)[C@@H]2SC1. The van der Waals surface area contributed by atoms with Crippen molar-refractivity contribution in [2.75, 3.05) is 17.2 Å². The molecule has 2 amide bonds. The van der Waals surface area contributed by atoms with E-state index in [-0.39, 0.29) is 28.3 Å². The molecule has 4 rings (SSSR count). The smallest absolute Gasteiger partial charge is 0.352 e. The van der Waals surface area contributed by atoms with Crippen LogP contribution in [0.15, 0.2) is 45.4 Å². The molecule has 1 fully saturated rings. The number of allylic oxidation sites excluding steroid dienone is 2. The summed E-state index contributed by atoms with van der Waals surface area (Å²) >= 11 is 3.77. The Morgan fingerprint density at radius 1 is 1.51 bits per heavy atom. The summed E-state index contributed by atoms with van der Waals surface area (Å²) in [5.74, 6) is -1.71. The predicted molar refractivity (Wildman–Crippen MR) is 133 cm³/mol. The van der Waals surface area contributed by atoms with E-state index in [0.29, 0.717) is 17.1 Å². The molecule has 4 N–H and O–H groups in total. The van der Waals surface area contributed by atoms with Gasteiger partial charge in [-0.05, 0) is 29.9 Å². The number of carboxylic acid groups (broad SMARTS) is 1. The van der Waals surface area contributed by atoms with E-state index in [2.05, 4.69) is 15.5 Å². The van der Waals surface area contributed by atoms with Gasteiger partial charge in [-0.15, -0.1) is 34.9 Å². The van der Waals surface area contributed by atoms with Crippen LogP contribution in [0.25, 0.3) is 0 Å². The predicted octanol–water partition coefficient (Wildman–Crippen LogP) is 1.67. The maximum absolute atomic E-state index is 13.1. The molecule has 35 heavy (non-hydrogen) atoms. The van der Waals surface area contributed by atoms with Gasteiger partial charge in [0, 0.05) is 23.0 Å². The topological polar surface area (TPSA) is 171 Å². The number of aromatic nitrogens is 1. The quantitative estimate of drug-likeness (QED) is 0.140. The van der Waals surface area contributed by atoms with Crippen LogP contribution in [-0.2, 0) is 19.2 Å². The molecule has 0 radical (unpaired) electrons. The van der Waals surface area contributed by atoms with Crippen molar-refractivity contribution >= 4 is 63.5 Å². The molecule has 3 atom stereocenters. The fourth-order valence-corrected chi connectivity index (χ4v) is 6.36. The second-order valence-electron chi connectivity index (χ2n) is 7.52. The number of aliphatic carboxylic acids is 1. The van der Waals surface area contributed by atoms with E-state index < -0.39 is 29.2 Å².